The van der Waals surface area contributed by atoms with E-state index >= 15 is 0 Å². The quantitative estimate of drug-likeness (QED) is 0.775. The van der Waals surface area contributed by atoms with Crippen LogP contribution in [0.15, 0.2) is 34.9 Å². The van der Waals surface area contributed by atoms with Crippen LogP contribution in [0.3, 0.4) is 0 Å². The molecule has 120 valence electrons. The molecule has 0 fully saturated rings. The average Bonchev–Trinajstić information content (AvgIpc) is 2.96. The minimum absolute atomic E-state index is 0. The molecule has 0 saturated carbocycles. The van der Waals surface area contributed by atoms with Crippen molar-refractivity contribution in [3.63, 3.8) is 0 Å². The zero-order chi connectivity index (χ0) is 15.1. The molecule has 6 nitrogen and oxygen atoms in total. The number of carboxylic acid groups (broad SMARTS) is 1. The number of nitrogens with zero attached hydrogens (tertiary/aromatic N) is 2. The van der Waals surface area contributed by atoms with Crippen molar-refractivity contribution in [3.05, 3.63) is 36.2 Å². The Balaban J connectivity index is 0.00000242. The van der Waals surface area contributed by atoms with Gasteiger partial charge in [-0.3, -0.25) is 4.79 Å². The Labute approximate surface area is 135 Å². The summed E-state index contributed by atoms with van der Waals surface area (Å²) in [6, 6.07) is 9.05. The van der Waals surface area contributed by atoms with Crippen LogP contribution in [-0.2, 0) is 11.2 Å². The number of halogens is 1. The van der Waals surface area contributed by atoms with Crippen LogP contribution in [0, 0.1) is 0 Å². The first-order valence-corrected chi connectivity index (χ1v) is 7.05. The van der Waals surface area contributed by atoms with Crippen LogP contribution < -0.4 is 5.32 Å². The Morgan fingerprint density at radius 1 is 1.36 bits per heavy atom. The largest absolute Gasteiger partial charge is 0.480 e. The van der Waals surface area contributed by atoms with Gasteiger partial charge in [-0.1, -0.05) is 48.8 Å². The maximum atomic E-state index is 11.0. The lowest BCUT2D eigenvalue weighted by Gasteiger charge is -2.11. The Hall–Kier alpha value is -1.92. The van der Waals surface area contributed by atoms with E-state index in [9.17, 15) is 4.79 Å². The molecule has 1 aromatic heterocycles. The van der Waals surface area contributed by atoms with E-state index in [1.165, 1.54) is 0 Å². The van der Waals surface area contributed by atoms with Crippen LogP contribution >= 0.6 is 12.4 Å². The molecule has 0 radical (unpaired) electrons. The lowest BCUT2D eigenvalue weighted by molar-refractivity contribution is -0.139. The van der Waals surface area contributed by atoms with E-state index in [-0.39, 0.29) is 12.4 Å². The van der Waals surface area contributed by atoms with Crippen LogP contribution in [0.5, 0.6) is 0 Å². The zero-order valence-electron chi connectivity index (χ0n) is 12.4. The van der Waals surface area contributed by atoms with Crippen molar-refractivity contribution in [2.75, 3.05) is 6.54 Å². The predicted octanol–water partition coefficient (Wildman–Crippen LogP) is 2.54. The fourth-order valence-corrected chi connectivity index (χ4v) is 2.02. The summed E-state index contributed by atoms with van der Waals surface area (Å²) in [6.07, 6.45) is 1.93. The van der Waals surface area contributed by atoms with Crippen molar-refractivity contribution in [2.45, 2.75) is 32.2 Å². The highest BCUT2D eigenvalue weighted by molar-refractivity contribution is 5.85. The lowest BCUT2D eigenvalue weighted by atomic mass is 10.1. The summed E-state index contributed by atoms with van der Waals surface area (Å²) in [7, 11) is 0. The maximum absolute atomic E-state index is 11.0. The first kappa shape index (κ1) is 18.1. The number of hydrogen-bond donors (Lipinski definition) is 2. The molecule has 0 aliphatic carbocycles. The summed E-state index contributed by atoms with van der Waals surface area (Å²) in [5, 5.41) is 16.0. The second-order valence-electron chi connectivity index (χ2n) is 4.76. The second-order valence-corrected chi connectivity index (χ2v) is 4.76. The van der Waals surface area contributed by atoms with Crippen molar-refractivity contribution in [1.29, 1.82) is 0 Å². The molecule has 0 aliphatic heterocycles. The normalized spacial score (nSPS) is 11.7. The molecule has 0 amide bonds. The highest BCUT2D eigenvalue weighted by Crippen LogP contribution is 2.14. The number of aromatic nitrogens is 2. The minimum atomic E-state index is -0.827. The van der Waals surface area contributed by atoms with Crippen molar-refractivity contribution in [1.82, 2.24) is 15.5 Å². The number of carbonyl (C=O) groups is 1. The van der Waals surface area contributed by atoms with Crippen LogP contribution in [0.4, 0.5) is 0 Å². The third-order valence-corrected chi connectivity index (χ3v) is 3.11. The molecule has 0 bridgehead atoms. The Kier molecular flexibility index (Phi) is 7.56. The number of benzene rings is 1. The number of rotatable bonds is 8. The van der Waals surface area contributed by atoms with Gasteiger partial charge in [-0.15, -0.1) is 12.4 Å². The van der Waals surface area contributed by atoms with Crippen molar-refractivity contribution >= 4 is 18.4 Å². The summed E-state index contributed by atoms with van der Waals surface area (Å²) in [4.78, 5) is 15.3. The van der Waals surface area contributed by atoms with Gasteiger partial charge in [-0.25, -0.2) is 0 Å². The lowest BCUT2D eigenvalue weighted by Crippen LogP contribution is -2.37. The molecule has 2 rings (SSSR count). The van der Waals surface area contributed by atoms with Crippen molar-refractivity contribution in [2.24, 2.45) is 0 Å². The number of carboxylic acids is 1. The average molecular weight is 326 g/mol. The standard InChI is InChI=1S/C15H19N3O3.ClH/c1-2-6-12(15(19)20)16-10-9-13-17-14(18-21-13)11-7-4-3-5-8-11;/h3-5,7-8,12,16H,2,6,9-10H2,1H3,(H,19,20);1H. The Morgan fingerprint density at radius 2 is 2.09 bits per heavy atom. The molecule has 1 atom stereocenters. The molecule has 0 saturated heterocycles. The van der Waals surface area contributed by atoms with Gasteiger partial charge in [0, 0.05) is 18.5 Å². The fourth-order valence-electron chi connectivity index (χ4n) is 2.02. The Bertz CT molecular complexity index is 574. The van der Waals surface area contributed by atoms with Gasteiger partial charge in [0.15, 0.2) is 0 Å². The topological polar surface area (TPSA) is 88.3 Å². The summed E-state index contributed by atoms with van der Waals surface area (Å²) >= 11 is 0. The van der Waals surface area contributed by atoms with Gasteiger partial charge in [0.2, 0.25) is 11.7 Å². The van der Waals surface area contributed by atoms with E-state index in [1.807, 2.05) is 37.3 Å². The molecule has 0 aliphatic rings. The van der Waals surface area contributed by atoms with E-state index in [0.29, 0.717) is 31.1 Å². The molecule has 2 aromatic rings. The molecule has 1 unspecified atom stereocenters. The van der Waals surface area contributed by atoms with E-state index in [4.69, 9.17) is 9.63 Å². The predicted molar refractivity (Wildman–Crippen MR) is 85.0 cm³/mol. The Morgan fingerprint density at radius 3 is 2.73 bits per heavy atom. The summed E-state index contributed by atoms with van der Waals surface area (Å²) in [5.41, 5.74) is 0.898. The fraction of sp³-hybridized carbons (Fsp3) is 0.400. The van der Waals surface area contributed by atoms with E-state index < -0.39 is 12.0 Å². The molecule has 1 aromatic carbocycles. The number of nitrogens with one attached hydrogen (secondary N) is 1. The molecule has 7 heteroatoms. The van der Waals surface area contributed by atoms with Crippen LogP contribution in [0.2, 0.25) is 0 Å². The monoisotopic (exact) mass is 325 g/mol. The van der Waals surface area contributed by atoms with E-state index in [1.54, 1.807) is 0 Å². The number of aliphatic carboxylic acids is 1. The van der Waals surface area contributed by atoms with E-state index in [2.05, 4.69) is 15.5 Å². The van der Waals surface area contributed by atoms with Gasteiger partial charge >= 0.3 is 5.97 Å². The first-order chi connectivity index (χ1) is 10.2. The SMILES string of the molecule is CCCC(NCCc1nc(-c2ccccc2)no1)C(=O)O.Cl. The van der Waals surface area contributed by atoms with Gasteiger partial charge in [0.25, 0.3) is 0 Å². The van der Waals surface area contributed by atoms with Gasteiger partial charge in [-0.05, 0) is 6.42 Å². The van der Waals surface area contributed by atoms with Crippen molar-refractivity contribution in [3.8, 4) is 11.4 Å². The third-order valence-electron chi connectivity index (χ3n) is 3.11. The molecule has 1 heterocycles. The number of hydrogen-bond acceptors (Lipinski definition) is 5. The highest BCUT2D eigenvalue weighted by atomic mass is 35.5. The molecular weight excluding hydrogens is 306 g/mol. The summed E-state index contributed by atoms with van der Waals surface area (Å²) < 4.78 is 5.17. The molecule has 22 heavy (non-hydrogen) atoms. The zero-order valence-corrected chi connectivity index (χ0v) is 13.2. The summed E-state index contributed by atoms with van der Waals surface area (Å²) in [6.45, 7) is 2.45. The van der Waals surface area contributed by atoms with Crippen LogP contribution in [0.1, 0.15) is 25.7 Å². The molecule has 0 spiro atoms. The molecule has 2 N–H and O–H groups in total. The maximum Gasteiger partial charge on any atom is 0.320 e. The van der Waals surface area contributed by atoms with Crippen LogP contribution in [-0.4, -0.2) is 33.8 Å². The van der Waals surface area contributed by atoms with Gasteiger partial charge in [-0.2, -0.15) is 4.98 Å². The second kappa shape index (κ2) is 9.17. The van der Waals surface area contributed by atoms with Crippen LogP contribution in [0.25, 0.3) is 11.4 Å². The van der Waals surface area contributed by atoms with Gasteiger partial charge < -0.3 is 14.9 Å². The molecular formula is C15H20ClN3O3. The summed E-state index contributed by atoms with van der Waals surface area (Å²) in [5.74, 6) is 0.225. The highest BCUT2D eigenvalue weighted by Gasteiger charge is 2.15. The van der Waals surface area contributed by atoms with E-state index in [0.717, 1.165) is 12.0 Å². The van der Waals surface area contributed by atoms with Crippen molar-refractivity contribution < 1.29 is 14.4 Å². The third kappa shape index (κ3) is 5.13. The smallest absolute Gasteiger partial charge is 0.320 e. The first-order valence-electron chi connectivity index (χ1n) is 7.05. The van der Waals surface area contributed by atoms with Gasteiger partial charge in [0.05, 0.1) is 0 Å². The minimum Gasteiger partial charge on any atom is -0.480 e. The van der Waals surface area contributed by atoms with Gasteiger partial charge in [0.1, 0.15) is 6.04 Å².